The van der Waals surface area contributed by atoms with E-state index >= 15 is 0 Å². The quantitative estimate of drug-likeness (QED) is 0.882. The highest BCUT2D eigenvalue weighted by Crippen LogP contribution is 2.32. The van der Waals surface area contributed by atoms with Crippen molar-refractivity contribution in [2.24, 2.45) is 5.73 Å². The molecule has 0 aliphatic heterocycles. The lowest BCUT2D eigenvalue weighted by Crippen LogP contribution is -2.46. The van der Waals surface area contributed by atoms with Crippen LogP contribution in [0, 0.1) is 11.6 Å². The maximum atomic E-state index is 14.0. The summed E-state index contributed by atoms with van der Waals surface area (Å²) in [5, 5.41) is 2.88. The molecule has 0 aliphatic carbocycles. The van der Waals surface area contributed by atoms with E-state index in [1.165, 1.54) is 19.1 Å². The van der Waals surface area contributed by atoms with E-state index in [0.717, 1.165) is 6.07 Å². The summed E-state index contributed by atoms with van der Waals surface area (Å²) < 4.78 is 28.1. The number of amides is 1. The topological polar surface area (TPSA) is 55.1 Å². The molecule has 21 heavy (non-hydrogen) atoms. The minimum Gasteiger partial charge on any atom is -0.367 e. The fraction of sp³-hybridized carbons (Fsp3) is 0.133. The Morgan fingerprint density at radius 1 is 1.19 bits per heavy atom. The van der Waals surface area contributed by atoms with E-state index < -0.39 is 23.1 Å². The zero-order valence-corrected chi connectivity index (χ0v) is 12.7. The van der Waals surface area contributed by atoms with E-state index in [-0.39, 0.29) is 5.56 Å². The number of carbonyl (C=O) groups is 1. The lowest BCUT2D eigenvalue weighted by molar-refractivity contribution is -0.122. The number of primary amides is 1. The van der Waals surface area contributed by atoms with Crippen LogP contribution < -0.4 is 11.1 Å². The zero-order valence-electron chi connectivity index (χ0n) is 11.2. The van der Waals surface area contributed by atoms with Crippen LogP contribution in [0.2, 0.25) is 0 Å². The van der Waals surface area contributed by atoms with Crippen molar-refractivity contribution in [2.45, 2.75) is 12.5 Å². The van der Waals surface area contributed by atoms with Gasteiger partial charge in [-0.15, -0.1) is 0 Å². The van der Waals surface area contributed by atoms with Gasteiger partial charge in [-0.1, -0.05) is 24.3 Å². The van der Waals surface area contributed by atoms with Crippen molar-refractivity contribution in [1.29, 1.82) is 0 Å². The van der Waals surface area contributed by atoms with Crippen LogP contribution in [-0.2, 0) is 10.3 Å². The maximum Gasteiger partial charge on any atom is 0.247 e. The van der Waals surface area contributed by atoms with Gasteiger partial charge in [0.05, 0.1) is 0 Å². The van der Waals surface area contributed by atoms with Crippen molar-refractivity contribution in [3.8, 4) is 0 Å². The van der Waals surface area contributed by atoms with Gasteiger partial charge in [0.25, 0.3) is 0 Å². The first kappa shape index (κ1) is 15.4. The average molecular weight is 355 g/mol. The second-order valence-corrected chi connectivity index (χ2v) is 5.55. The van der Waals surface area contributed by atoms with Crippen LogP contribution >= 0.6 is 15.9 Å². The molecule has 2 rings (SSSR count). The van der Waals surface area contributed by atoms with Crippen molar-refractivity contribution >= 4 is 27.5 Å². The summed E-state index contributed by atoms with van der Waals surface area (Å²) in [5.41, 5.74) is 4.22. The third-order valence-electron chi connectivity index (χ3n) is 3.24. The van der Waals surface area contributed by atoms with E-state index in [2.05, 4.69) is 21.2 Å². The van der Waals surface area contributed by atoms with Gasteiger partial charge >= 0.3 is 0 Å². The molecule has 0 aliphatic rings. The van der Waals surface area contributed by atoms with E-state index in [1.54, 1.807) is 24.3 Å². The Morgan fingerprint density at radius 2 is 1.86 bits per heavy atom. The van der Waals surface area contributed by atoms with Crippen molar-refractivity contribution < 1.29 is 13.6 Å². The van der Waals surface area contributed by atoms with E-state index in [0.29, 0.717) is 10.2 Å². The Hall–Kier alpha value is -1.95. The van der Waals surface area contributed by atoms with Crippen LogP contribution in [0.15, 0.2) is 46.9 Å². The summed E-state index contributed by atoms with van der Waals surface area (Å²) in [6.45, 7) is 1.41. The minimum atomic E-state index is -1.59. The zero-order chi connectivity index (χ0) is 15.6. The molecule has 6 heteroatoms. The highest BCUT2D eigenvalue weighted by atomic mass is 79.9. The second kappa shape index (κ2) is 5.81. The highest BCUT2D eigenvalue weighted by molar-refractivity contribution is 9.10. The summed E-state index contributed by atoms with van der Waals surface area (Å²) in [7, 11) is 0. The molecule has 1 unspecified atom stereocenters. The van der Waals surface area contributed by atoms with E-state index in [1.807, 2.05) is 0 Å². The molecule has 3 N–H and O–H groups in total. The van der Waals surface area contributed by atoms with Crippen LogP contribution in [0.1, 0.15) is 12.5 Å². The Kier molecular flexibility index (Phi) is 4.27. The first-order chi connectivity index (χ1) is 9.86. The molecule has 110 valence electrons. The lowest BCUT2D eigenvalue weighted by Gasteiger charge is -2.30. The average Bonchev–Trinajstić information content (AvgIpc) is 2.44. The highest BCUT2D eigenvalue weighted by Gasteiger charge is 2.37. The molecule has 1 amide bonds. The van der Waals surface area contributed by atoms with Gasteiger partial charge in [-0.2, -0.15) is 0 Å². The van der Waals surface area contributed by atoms with Crippen LogP contribution in [0.3, 0.4) is 0 Å². The summed E-state index contributed by atoms with van der Waals surface area (Å²) in [5.74, 6) is -2.95. The SMILES string of the molecule is CC(Nc1ccccc1Br)(C(N)=O)c1cccc(F)c1F. The molecular weight excluding hydrogens is 342 g/mol. The molecule has 0 heterocycles. The molecule has 3 nitrogen and oxygen atoms in total. The summed E-state index contributed by atoms with van der Waals surface area (Å²) in [4.78, 5) is 11.9. The summed E-state index contributed by atoms with van der Waals surface area (Å²) in [6.07, 6.45) is 0. The Labute approximate surface area is 129 Å². The number of carbonyl (C=O) groups excluding carboxylic acids is 1. The first-order valence-electron chi connectivity index (χ1n) is 6.13. The molecule has 0 spiro atoms. The number of rotatable bonds is 4. The Balaban J connectivity index is 2.54. The number of anilines is 1. The fourth-order valence-corrected chi connectivity index (χ4v) is 2.37. The molecule has 0 saturated carbocycles. The van der Waals surface area contributed by atoms with Crippen molar-refractivity contribution in [1.82, 2.24) is 0 Å². The van der Waals surface area contributed by atoms with Crippen molar-refractivity contribution in [2.75, 3.05) is 5.32 Å². The number of nitrogens with two attached hydrogens (primary N) is 1. The number of para-hydroxylation sites is 1. The summed E-state index contributed by atoms with van der Waals surface area (Å²) in [6, 6.07) is 10.6. The van der Waals surface area contributed by atoms with E-state index in [4.69, 9.17) is 5.73 Å². The molecule has 2 aromatic carbocycles. The smallest absolute Gasteiger partial charge is 0.247 e. The van der Waals surface area contributed by atoms with Crippen LogP contribution in [0.4, 0.5) is 14.5 Å². The van der Waals surface area contributed by atoms with Gasteiger partial charge in [-0.3, -0.25) is 4.79 Å². The molecule has 0 radical (unpaired) electrons. The van der Waals surface area contributed by atoms with Gasteiger partial charge < -0.3 is 11.1 Å². The number of hydrogen-bond acceptors (Lipinski definition) is 2. The van der Waals surface area contributed by atoms with Crippen LogP contribution in [0.25, 0.3) is 0 Å². The Morgan fingerprint density at radius 3 is 2.48 bits per heavy atom. The van der Waals surface area contributed by atoms with Gasteiger partial charge in [0, 0.05) is 15.7 Å². The van der Waals surface area contributed by atoms with Crippen molar-refractivity contribution in [3.63, 3.8) is 0 Å². The van der Waals surface area contributed by atoms with Crippen LogP contribution in [0.5, 0.6) is 0 Å². The third kappa shape index (κ3) is 2.90. The second-order valence-electron chi connectivity index (χ2n) is 4.70. The third-order valence-corrected chi connectivity index (χ3v) is 3.93. The predicted octanol–water partition coefficient (Wildman–Crippen LogP) is 3.54. The molecule has 0 bridgehead atoms. The van der Waals surface area contributed by atoms with Gasteiger partial charge in [0.2, 0.25) is 5.91 Å². The van der Waals surface area contributed by atoms with Gasteiger partial charge in [0.15, 0.2) is 11.6 Å². The number of benzene rings is 2. The first-order valence-corrected chi connectivity index (χ1v) is 6.92. The molecule has 2 aromatic rings. The number of hydrogen-bond donors (Lipinski definition) is 2. The Bertz CT molecular complexity index is 693. The predicted molar refractivity (Wildman–Crippen MR) is 80.7 cm³/mol. The maximum absolute atomic E-state index is 14.0. The summed E-state index contributed by atoms with van der Waals surface area (Å²) >= 11 is 3.32. The van der Waals surface area contributed by atoms with Gasteiger partial charge in [-0.25, -0.2) is 8.78 Å². The lowest BCUT2D eigenvalue weighted by atomic mass is 9.90. The van der Waals surface area contributed by atoms with Crippen LogP contribution in [-0.4, -0.2) is 5.91 Å². The van der Waals surface area contributed by atoms with Crippen molar-refractivity contribution in [3.05, 3.63) is 64.1 Å². The molecule has 0 saturated heterocycles. The molecule has 0 aromatic heterocycles. The molecular formula is C15H13BrF2N2O. The largest absolute Gasteiger partial charge is 0.367 e. The number of nitrogens with one attached hydrogen (secondary N) is 1. The molecule has 1 atom stereocenters. The fourth-order valence-electron chi connectivity index (χ4n) is 1.98. The number of halogens is 3. The van der Waals surface area contributed by atoms with Gasteiger partial charge in [0.1, 0.15) is 5.54 Å². The standard InChI is InChI=1S/C15H13BrF2N2O/c1-15(14(19)21,9-5-4-7-11(17)13(9)18)20-12-8-3-2-6-10(12)16/h2-8,20H,1H3,(H2,19,21). The monoisotopic (exact) mass is 354 g/mol. The minimum absolute atomic E-state index is 0.147. The molecule has 0 fully saturated rings. The normalized spacial score (nSPS) is 13.5. The van der Waals surface area contributed by atoms with E-state index in [9.17, 15) is 13.6 Å². The van der Waals surface area contributed by atoms with Gasteiger partial charge in [-0.05, 0) is 41.1 Å².